The first kappa shape index (κ1) is 23.5. The first-order chi connectivity index (χ1) is 14.9. The molecule has 0 aliphatic carbocycles. The summed E-state index contributed by atoms with van der Waals surface area (Å²) < 4.78 is 41.3. The van der Waals surface area contributed by atoms with Crippen LogP contribution in [0.25, 0.3) is 27.7 Å². The van der Waals surface area contributed by atoms with Gasteiger partial charge in [0.1, 0.15) is 0 Å². The average molecular weight is 439 g/mol. The van der Waals surface area contributed by atoms with Gasteiger partial charge in [-0.2, -0.15) is 4.57 Å². The zero-order valence-corrected chi connectivity index (χ0v) is 18.9. The SMILES string of the molecule is Cc1ccc(-[n+]2ccc(-c3c(C)cc(C)cc3C)c3cc(C)ccc32)cc1.F[B-](F)(F)F. The number of aromatic nitrogens is 1. The molecule has 0 saturated carbocycles. The van der Waals surface area contributed by atoms with Gasteiger partial charge in [-0.05, 0) is 57.4 Å². The van der Waals surface area contributed by atoms with Gasteiger partial charge in [-0.25, -0.2) is 0 Å². The number of rotatable bonds is 2. The van der Waals surface area contributed by atoms with Crippen molar-refractivity contribution in [2.24, 2.45) is 0 Å². The molecule has 0 atom stereocenters. The number of fused-ring (bicyclic) bond motifs is 1. The van der Waals surface area contributed by atoms with Crippen LogP contribution in [-0.2, 0) is 0 Å². The van der Waals surface area contributed by atoms with E-state index in [0.29, 0.717) is 0 Å². The zero-order valence-electron chi connectivity index (χ0n) is 18.9. The third-order valence-corrected chi connectivity index (χ3v) is 5.35. The Bertz CT molecular complexity index is 1230. The quantitative estimate of drug-likeness (QED) is 0.172. The molecule has 0 bridgehead atoms. The Kier molecular flexibility index (Phi) is 6.72. The van der Waals surface area contributed by atoms with Gasteiger partial charge in [0.15, 0.2) is 6.20 Å². The second-order valence-corrected chi connectivity index (χ2v) is 8.22. The fraction of sp³-hybridized carbons (Fsp3) is 0.192. The van der Waals surface area contributed by atoms with Crippen LogP contribution >= 0.6 is 0 Å². The third kappa shape index (κ3) is 5.55. The first-order valence-electron chi connectivity index (χ1n) is 10.4. The third-order valence-electron chi connectivity index (χ3n) is 5.35. The molecule has 4 rings (SSSR count). The molecule has 3 aromatic carbocycles. The molecule has 1 aromatic heterocycles. The zero-order chi connectivity index (χ0) is 23.6. The standard InChI is InChI=1S/C26H26N.BF4/c1-17-6-9-22(10-7-17)27-13-12-23(24-16-18(2)8-11-25(24)27)26-20(4)14-19(3)15-21(26)5;2-1(3,4)5/h6-16H,1-5H3;/q+1;-1. The minimum absolute atomic E-state index is 1.19. The first-order valence-corrected chi connectivity index (χ1v) is 10.4. The fourth-order valence-corrected chi connectivity index (χ4v) is 4.15. The van der Waals surface area contributed by atoms with Crippen LogP contribution in [0.2, 0.25) is 0 Å². The Labute approximate surface area is 186 Å². The molecular weight excluding hydrogens is 413 g/mol. The monoisotopic (exact) mass is 439 g/mol. The average Bonchev–Trinajstić information content (AvgIpc) is 2.67. The van der Waals surface area contributed by atoms with Crippen LogP contribution < -0.4 is 4.57 Å². The maximum absolute atomic E-state index is 9.75. The highest BCUT2D eigenvalue weighted by Crippen LogP contribution is 2.33. The number of nitrogens with zero attached hydrogens (tertiary/aromatic N) is 1. The van der Waals surface area contributed by atoms with E-state index in [9.17, 15) is 17.3 Å². The normalized spacial score (nSPS) is 11.3. The maximum atomic E-state index is 9.75. The van der Waals surface area contributed by atoms with Crippen molar-refractivity contribution in [1.82, 2.24) is 0 Å². The smallest absolute Gasteiger partial charge is 0.418 e. The minimum atomic E-state index is -6.00. The highest BCUT2D eigenvalue weighted by Gasteiger charge is 2.21. The molecule has 0 amide bonds. The van der Waals surface area contributed by atoms with Crippen LogP contribution in [0.4, 0.5) is 17.3 Å². The van der Waals surface area contributed by atoms with Gasteiger partial charge in [0, 0.05) is 29.8 Å². The summed E-state index contributed by atoms with van der Waals surface area (Å²) in [6.07, 6.45) is 2.20. The van der Waals surface area contributed by atoms with E-state index in [0.717, 1.165) is 0 Å². The number of benzene rings is 3. The van der Waals surface area contributed by atoms with E-state index in [1.807, 2.05) is 0 Å². The second kappa shape index (κ2) is 9.15. The van der Waals surface area contributed by atoms with Gasteiger partial charge in [0.25, 0.3) is 0 Å². The van der Waals surface area contributed by atoms with Crippen molar-refractivity contribution < 1.29 is 21.8 Å². The van der Waals surface area contributed by atoms with Gasteiger partial charge in [0.05, 0.1) is 5.39 Å². The summed E-state index contributed by atoms with van der Waals surface area (Å²) in [7, 11) is -6.00. The molecule has 0 fully saturated rings. The van der Waals surface area contributed by atoms with Crippen LogP contribution in [0.1, 0.15) is 27.8 Å². The van der Waals surface area contributed by atoms with Crippen LogP contribution in [0, 0.1) is 34.6 Å². The lowest BCUT2D eigenvalue weighted by molar-refractivity contribution is -0.567. The molecule has 0 saturated heterocycles. The van der Waals surface area contributed by atoms with E-state index in [1.165, 1.54) is 55.5 Å². The molecule has 0 aliphatic rings. The lowest BCUT2D eigenvalue weighted by atomic mass is 9.91. The summed E-state index contributed by atoms with van der Waals surface area (Å²) in [4.78, 5) is 0. The van der Waals surface area contributed by atoms with Crippen molar-refractivity contribution in [2.45, 2.75) is 34.6 Å². The molecule has 4 aromatic rings. The summed E-state index contributed by atoms with van der Waals surface area (Å²) in [5.41, 5.74) is 11.7. The van der Waals surface area contributed by atoms with E-state index >= 15 is 0 Å². The highest BCUT2D eigenvalue weighted by atomic mass is 19.5. The summed E-state index contributed by atoms with van der Waals surface area (Å²) in [5.74, 6) is 0. The minimum Gasteiger partial charge on any atom is -0.418 e. The fourth-order valence-electron chi connectivity index (χ4n) is 4.15. The largest absolute Gasteiger partial charge is 0.673 e. The van der Waals surface area contributed by atoms with Crippen molar-refractivity contribution in [3.8, 4) is 16.8 Å². The lowest BCUT2D eigenvalue weighted by Gasteiger charge is -2.14. The molecule has 166 valence electrons. The molecule has 0 spiro atoms. The molecular formula is C26H26BF4N. The van der Waals surface area contributed by atoms with Gasteiger partial charge in [-0.1, -0.05) is 47.0 Å². The molecule has 0 unspecified atom stereocenters. The van der Waals surface area contributed by atoms with E-state index in [1.54, 1.807) is 0 Å². The Morgan fingerprint density at radius 1 is 0.625 bits per heavy atom. The topological polar surface area (TPSA) is 3.88 Å². The lowest BCUT2D eigenvalue weighted by Crippen LogP contribution is -2.31. The molecule has 1 heterocycles. The van der Waals surface area contributed by atoms with E-state index < -0.39 is 7.25 Å². The molecule has 0 N–H and O–H groups in total. The summed E-state index contributed by atoms with van der Waals surface area (Å²) >= 11 is 0. The van der Waals surface area contributed by atoms with Gasteiger partial charge >= 0.3 is 7.25 Å². The number of hydrogen-bond acceptors (Lipinski definition) is 0. The summed E-state index contributed by atoms with van der Waals surface area (Å²) in [6.45, 7) is 10.9. The Balaban J connectivity index is 0.000000523. The van der Waals surface area contributed by atoms with Gasteiger partial charge in [0.2, 0.25) is 11.2 Å². The van der Waals surface area contributed by atoms with Gasteiger partial charge < -0.3 is 17.3 Å². The molecule has 32 heavy (non-hydrogen) atoms. The van der Waals surface area contributed by atoms with Crippen LogP contribution in [0.5, 0.6) is 0 Å². The molecule has 1 nitrogen and oxygen atoms in total. The van der Waals surface area contributed by atoms with Gasteiger partial charge in [-0.15, -0.1) is 0 Å². The van der Waals surface area contributed by atoms with Crippen molar-refractivity contribution >= 4 is 18.2 Å². The number of hydrogen-bond donors (Lipinski definition) is 0. The van der Waals surface area contributed by atoms with Crippen molar-refractivity contribution in [2.75, 3.05) is 0 Å². The van der Waals surface area contributed by atoms with Crippen LogP contribution in [0.15, 0.2) is 66.9 Å². The predicted octanol–water partition coefficient (Wildman–Crippen LogP) is 7.63. The maximum Gasteiger partial charge on any atom is 0.673 e. The Hall–Kier alpha value is -3.15. The molecule has 0 aliphatic heterocycles. The van der Waals surface area contributed by atoms with Crippen molar-refractivity contribution in [3.05, 3.63) is 94.7 Å². The van der Waals surface area contributed by atoms with E-state index in [4.69, 9.17) is 0 Å². The van der Waals surface area contributed by atoms with Gasteiger partial charge in [-0.3, -0.25) is 0 Å². The Morgan fingerprint density at radius 2 is 1.16 bits per heavy atom. The van der Waals surface area contributed by atoms with Crippen LogP contribution in [0.3, 0.4) is 0 Å². The molecule has 0 radical (unpaired) electrons. The number of pyridine rings is 1. The summed E-state index contributed by atoms with van der Waals surface area (Å²) in [6, 6.07) is 22.3. The predicted molar refractivity (Wildman–Crippen MR) is 125 cm³/mol. The Morgan fingerprint density at radius 3 is 1.72 bits per heavy atom. The highest BCUT2D eigenvalue weighted by molar-refractivity contribution is 6.50. The van der Waals surface area contributed by atoms with E-state index in [-0.39, 0.29) is 0 Å². The van der Waals surface area contributed by atoms with Crippen molar-refractivity contribution in [1.29, 1.82) is 0 Å². The second-order valence-electron chi connectivity index (χ2n) is 8.22. The number of halogens is 4. The summed E-state index contributed by atoms with van der Waals surface area (Å²) in [5, 5.41) is 1.30. The van der Waals surface area contributed by atoms with Crippen molar-refractivity contribution in [3.63, 3.8) is 0 Å². The number of aryl methyl sites for hydroxylation is 5. The van der Waals surface area contributed by atoms with E-state index in [2.05, 4.69) is 106 Å². The molecule has 6 heteroatoms. The van der Waals surface area contributed by atoms with Crippen LogP contribution in [-0.4, -0.2) is 7.25 Å².